The highest BCUT2D eigenvalue weighted by Gasteiger charge is 2.05. The third-order valence-corrected chi connectivity index (χ3v) is 2.99. The molecule has 14 heavy (non-hydrogen) atoms. The van der Waals surface area contributed by atoms with Crippen molar-refractivity contribution >= 4 is 27.3 Å². The van der Waals surface area contributed by atoms with Gasteiger partial charge in [-0.2, -0.15) is 5.10 Å². The highest BCUT2D eigenvalue weighted by Crippen LogP contribution is 2.25. The van der Waals surface area contributed by atoms with Crippen molar-refractivity contribution < 1.29 is 4.39 Å². The Balaban J connectivity index is 2.62. The lowest BCUT2D eigenvalue weighted by molar-refractivity contribution is 0.630. The Hall–Kier alpha value is -1.62. The van der Waals surface area contributed by atoms with Gasteiger partial charge < -0.3 is 11.6 Å². The maximum absolute atomic E-state index is 12.8. The number of amidine groups is 1. The van der Waals surface area contributed by atoms with Crippen LogP contribution in [0.4, 0.5) is 4.39 Å². The van der Waals surface area contributed by atoms with Gasteiger partial charge in [0.15, 0.2) is 5.84 Å². The Morgan fingerprint density at radius 2 is 2.14 bits per heavy atom. The predicted octanol–water partition coefficient (Wildman–Crippen LogP) is 1.62. The summed E-state index contributed by atoms with van der Waals surface area (Å²) in [5.74, 6) is 5.07. The summed E-state index contributed by atoms with van der Waals surface area (Å²) in [7, 11) is 0. The molecule has 1 heterocycles. The number of hydrazone groups is 1. The fraction of sp³-hybridized carbons (Fsp3) is 0. The van der Waals surface area contributed by atoms with Crippen LogP contribution in [0.15, 0.2) is 29.4 Å². The summed E-state index contributed by atoms with van der Waals surface area (Å²) in [6, 6.07) is 6.42. The largest absolute Gasteiger partial charge is 0.381 e. The minimum atomic E-state index is -0.255. The number of rotatable bonds is 1. The number of hydrogen-bond donors (Lipinski definition) is 2. The number of thiophene rings is 1. The van der Waals surface area contributed by atoms with E-state index in [0.29, 0.717) is 0 Å². The van der Waals surface area contributed by atoms with Gasteiger partial charge in [-0.1, -0.05) is 6.07 Å². The summed E-state index contributed by atoms with van der Waals surface area (Å²) < 4.78 is 13.7. The van der Waals surface area contributed by atoms with Crippen LogP contribution < -0.4 is 11.6 Å². The molecule has 1 aromatic carbocycles. The Morgan fingerprint density at radius 1 is 1.36 bits per heavy atom. The van der Waals surface area contributed by atoms with Crippen molar-refractivity contribution in [2.45, 2.75) is 0 Å². The van der Waals surface area contributed by atoms with Gasteiger partial charge in [0.2, 0.25) is 0 Å². The molecule has 72 valence electrons. The Labute approximate surface area is 83.8 Å². The molecule has 0 aliphatic carbocycles. The van der Waals surface area contributed by atoms with Gasteiger partial charge in [-0.15, -0.1) is 11.3 Å². The van der Waals surface area contributed by atoms with Crippen molar-refractivity contribution in [3.05, 3.63) is 35.0 Å². The van der Waals surface area contributed by atoms with Gasteiger partial charge in [0.25, 0.3) is 0 Å². The van der Waals surface area contributed by atoms with E-state index in [-0.39, 0.29) is 11.7 Å². The van der Waals surface area contributed by atoms with Crippen LogP contribution in [0.2, 0.25) is 0 Å². The van der Waals surface area contributed by atoms with Crippen LogP contribution in [0.25, 0.3) is 10.1 Å². The SMILES string of the molecule is N/N=C(/N)c1cc2ccc(F)cc2s1. The first-order valence-corrected chi connectivity index (χ1v) is 4.75. The molecule has 2 aromatic rings. The second-order valence-corrected chi connectivity index (χ2v) is 3.89. The van der Waals surface area contributed by atoms with Gasteiger partial charge in [-0.25, -0.2) is 4.39 Å². The van der Waals surface area contributed by atoms with Crippen LogP contribution in [0.5, 0.6) is 0 Å². The minimum Gasteiger partial charge on any atom is -0.381 e. The second-order valence-electron chi connectivity index (χ2n) is 2.81. The predicted molar refractivity (Wildman–Crippen MR) is 56.7 cm³/mol. The van der Waals surface area contributed by atoms with E-state index in [2.05, 4.69) is 5.10 Å². The fourth-order valence-corrected chi connectivity index (χ4v) is 2.19. The van der Waals surface area contributed by atoms with E-state index < -0.39 is 0 Å². The second kappa shape index (κ2) is 3.26. The van der Waals surface area contributed by atoms with Gasteiger partial charge in [0, 0.05) is 4.70 Å². The van der Waals surface area contributed by atoms with Crippen molar-refractivity contribution in [3.8, 4) is 0 Å². The first-order chi connectivity index (χ1) is 6.70. The summed E-state index contributed by atoms with van der Waals surface area (Å²) in [6.07, 6.45) is 0. The molecule has 0 radical (unpaired) electrons. The fourth-order valence-electron chi connectivity index (χ4n) is 1.19. The van der Waals surface area contributed by atoms with Crippen LogP contribution in [0.1, 0.15) is 4.88 Å². The zero-order valence-electron chi connectivity index (χ0n) is 7.20. The molecule has 0 aliphatic heterocycles. The lowest BCUT2D eigenvalue weighted by Crippen LogP contribution is -2.13. The number of nitrogens with two attached hydrogens (primary N) is 2. The topological polar surface area (TPSA) is 64.4 Å². The van der Waals surface area contributed by atoms with E-state index >= 15 is 0 Å². The summed E-state index contributed by atoms with van der Waals surface area (Å²) in [5.41, 5.74) is 5.54. The number of nitrogens with zero attached hydrogens (tertiary/aromatic N) is 1. The molecular formula is C9H8FN3S. The van der Waals surface area contributed by atoms with Gasteiger partial charge in [0.05, 0.1) is 4.88 Å². The molecule has 5 heteroatoms. The third kappa shape index (κ3) is 1.42. The van der Waals surface area contributed by atoms with Gasteiger partial charge in [0.1, 0.15) is 5.82 Å². The van der Waals surface area contributed by atoms with Crippen molar-refractivity contribution in [3.63, 3.8) is 0 Å². The van der Waals surface area contributed by atoms with Gasteiger partial charge >= 0.3 is 0 Å². The molecule has 0 spiro atoms. The molecule has 0 amide bonds. The highest BCUT2D eigenvalue weighted by atomic mass is 32.1. The Kier molecular flexibility index (Phi) is 2.09. The zero-order valence-corrected chi connectivity index (χ0v) is 8.01. The molecule has 0 saturated heterocycles. The minimum absolute atomic E-state index is 0.255. The van der Waals surface area contributed by atoms with E-state index in [1.807, 2.05) is 6.07 Å². The van der Waals surface area contributed by atoms with Crippen LogP contribution in [-0.2, 0) is 0 Å². The molecule has 1 aromatic heterocycles. The van der Waals surface area contributed by atoms with Crippen molar-refractivity contribution in [2.75, 3.05) is 0 Å². The molecule has 0 saturated carbocycles. The van der Waals surface area contributed by atoms with E-state index in [9.17, 15) is 4.39 Å². The molecule has 0 atom stereocenters. The summed E-state index contributed by atoms with van der Waals surface area (Å²) >= 11 is 1.37. The molecule has 2 rings (SSSR count). The molecule has 0 bridgehead atoms. The summed E-state index contributed by atoms with van der Waals surface area (Å²) in [6.45, 7) is 0. The quantitative estimate of drug-likeness (QED) is 0.324. The van der Waals surface area contributed by atoms with E-state index in [0.717, 1.165) is 15.0 Å². The molecule has 0 aliphatic rings. The van der Waals surface area contributed by atoms with Crippen molar-refractivity contribution in [1.29, 1.82) is 0 Å². The van der Waals surface area contributed by atoms with E-state index in [1.165, 1.54) is 23.5 Å². The normalized spacial score (nSPS) is 12.2. The van der Waals surface area contributed by atoms with E-state index in [4.69, 9.17) is 11.6 Å². The van der Waals surface area contributed by atoms with E-state index in [1.54, 1.807) is 6.07 Å². The van der Waals surface area contributed by atoms with Crippen molar-refractivity contribution in [2.24, 2.45) is 16.7 Å². The third-order valence-electron chi connectivity index (χ3n) is 1.87. The molecule has 3 nitrogen and oxygen atoms in total. The van der Waals surface area contributed by atoms with Crippen LogP contribution in [0.3, 0.4) is 0 Å². The molecular weight excluding hydrogens is 201 g/mol. The van der Waals surface area contributed by atoms with Gasteiger partial charge in [-0.05, 0) is 23.6 Å². The Morgan fingerprint density at radius 3 is 2.86 bits per heavy atom. The molecule has 4 N–H and O–H groups in total. The maximum Gasteiger partial charge on any atom is 0.160 e. The monoisotopic (exact) mass is 209 g/mol. The molecule has 0 fully saturated rings. The average molecular weight is 209 g/mol. The Bertz CT molecular complexity index is 504. The number of fused-ring (bicyclic) bond motifs is 1. The number of hydrogen-bond acceptors (Lipinski definition) is 3. The number of benzene rings is 1. The summed E-state index contributed by atoms with van der Waals surface area (Å²) in [5, 5.41) is 4.33. The molecule has 0 unspecified atom stereocenters. The number of halogens is 1. The lowest BCUT2D eigenvalue weighted by Gasteiger charge is -1.89. The van der Waals surface area contributed by atoms with Crippen LogP contribution in [0, 0.1) is 5.82 Å². The highest BCUT2D eigenvalue weighted by molar-refractivity contribution is 7.20. The first-order valence-electron chi connectivity index (χ1n) is 3.93. The van der Waals surface area contributed by atoms with Crippen LogP contribution in [-0.4, -0.2) is 5.84 Å². The standard InChI is InChI=1S/C9H8FN3S/c10-6-2-1-5-3-8(9(11)13-12)14-7(5)4-6/h1-4H,12H2,(H2,11,13). The average Bonchev–Trinajstić information content (AvgIpc) is 2.59. The maximum atomic E-state index is 12.8. The zero-order chi connectivity index (χ0) is 10.1. The van der Waals surface area contributed by atoms with Crippen molar-refractivity contribution in [1.82, 2.24) is 0 Å². The van der Waals surface area contributed by atoms with Gasteiger partial charge in [-0.3, -0.25) is 0 Å². The van der Waals surface area contributed by atoms with Crippen LogP contribution >= 0.6 is 11.3 Å². The first kappa shape index (κ1) is 8.96. The smallest absolute Gasteiger partial charge is 0.160 e. The lowest BCUT2D eigenvalue weighted by atomic mass is 10.2. The summed E-state index contributed by atoms with van der Waals surface area (Å²) in [4.78, 5) is 0.758.